The predicted molar refractivity (Wildman–Crippen MR) is 92.4 cm³/mol. The van der Waals surface area contributed by atoms with Crippen molar-refractivity contribution in [2.24, 2.45) is 0 Å². The molecule has 126 valence electrons. The molecule has 2 aliphatic heterocycles. The van der Waals surface area contributed by atoms with Gasteiger partial charge in [0.05, 0.1) is 12.7 Å². The molecule has 0 unspecified atom stereocenters. The number of hydrogen-bond donors (Lipinski definition) is 1. The summed E-state index contributed by atoms with van der Waals surface area (Å²) < 4.78 is 11.1. The molecule has 1 N–H and O–H groups in total. The molecule has 1 fully saturated rings. The zero-order valence-corrected chi connectivity index (χ0v) is 14.3. The number of methoxy groups -OCH3 is 1. The van der Waals surface area contributed by atoms with E-state index in [0.29, 0.717) is 24.0 Å². The van der Waals surface area contributed by atoms with Crippen molar-refractivity contribution in [3.8, 4) is 11.5 Å². The summed E-state index contributed by atoms with van der Waals surface area (Å²) in [6.45, 7) is 1.90. The van der Waals surface area contributed by atoms with Gasteiger partial charge in [0.15, 0.2) is 11.5 Å². The maximum Gasteiger partial charge on any atom is 0.253 e. The fourth-order valence-corrected chi connectivity index (χ4v) is 3.04. The van der Waals surface area contributed by atoms with Crippen LogP contribution in [0.4, 0.5) is 0 Å². The number of benzene rings is 1. The van der Waals surface area contributed by atoms with Crippen LogP contribution in [0, 0.1) is 0 Å². The van der Waals surface area contributed by atoms with Crippen molar-refractivity contribution >= 4 is 24.4 Å². The second kappa shape index (κ2) is 7.70. The van der Waals surface area contributed by atoms with Gasteiger partial charge in [-0.05, 0) is 32.0 Å². The molecule has 1 aromatic rings. The Morgan fingerprint density at radius 3 is 2.74 bits per heavy atom. The standard InChI is InChI=1S/C17H22N2O3.ClH/c1-18-14-6-8-19(9-7-14)17(20)13-10-12-4-3-5-15(21-2)16(12)22-11-13;/h3-5,10,14,18H,6-9,11H2,1-2H3;1H. The van der Waals surface area contributed by atoms with Crippen LogP contribution >= 0.6 is 12.4 Å². The van der Waals surface area contributed by atoms with Gasteiger partial charge < -0.3 is 19.7 Å². The first-order valence-electron chi connectivity index (χ1n) is 7.70. The van der Waals surface area contributed by atoms with Gasteiger partial charge in [0.1, 0.15) is 6.61 Å². The molecule has 2 heterocycles. The molecule has 0 aromatic heterocycles. The van der Waals surface area contributed by atoms with Gasteiger partial charge >= 0.3 is 0 Å². The monoisotopic (exact) mass is 338 g/mol. The predicted octanol–water partition coefficient (Wildman–Crippen LogP) is 2.10. The van der Waals surface area contributed by atoms with E-state index in [-0.39, 0.29) is 18.3 Å². The summed E-state index contributed by atoms with van der Waals surface area (Å²) in [6.07, 6.45) is 3.93. The van der Waals surface area contributed by atoms with Gasteiger partial charge in [-0.1, -0.05) is 12.1 Å². The lowest BCUT2D eigenvalue weighted by atomic mass is 10.0. The molecule has 0 aliphatic carbocycles. The number of fused-ring (bicyclic) bond motifs is 1. The van der Waals surface area contributed by atoms with E-state index in [2.05, 4.69) is 5.32 Å². The van der Waals surface area contributed by atoms with E-state index in [1.165, 1.54) is 0 Å². The van der Waals surface area contributed by atoms with E-state index in [1.54, 1.807) is 7.11 Å². The zero-order chi connectivity index (χ0) is 15.5. The molecule has 0 spiro atoms. The molecule has 5 nitrogen and oxygen atoms in total. The quantitative estimate of drug-likeness (QED) is 0.917. The van der Waals surface area contributed by atoms with Gasteiger partial charge in [0, 0.05) is 24.7 Å². The minimum absolute atomic E-state index is 0. The number of halogens is 1. The summed E-state index contributed by atoms with van der Waals surface area (Å²) in [5, 5.41) is 3.28. The first-order chi connectivity index (χ1) is 10.7. The van der Waals surface area contributed by atoms with Gasteiger partial charge in [0.25, 0.3) is 5.91 Å². The highest BCUT2D eigenvalue weighted by molar-refractivity contribution is 5.99. The van der Waals surface area contributed by atoms with Gasteiger partial charge in [-0.2, -0.15) is 0 Å². The van der Waals surface area contributed by atoms with Crippen molar-refractivity contribution in [3.05, 3.63) is 29.3 Å². The summed E-state index contributed by atoms with van der Waals surface area (Å²) >= 11 is 0. The molecule has 0 atom stereocenters. The molecule has 23 heavy (non-hydrogen) atoms. The number of likely N-dealkylation sites (tertiary alicyclic amines) is 1. The van der Waals surface area contributed by atoms with Crippen LogP contribution in [0.3, 0.4) is 0 Å². The van der Waals surface area contributed by atoms with Gasteiger partial charge in [-0.25, -0.2) is 0 Å². The van der Waals surface area contributed by atoms with Gasteiger partial charge in [-0.3, -0.25) is 4.79 Å². The first-order valence-corrected chi connectivity index (χ1v) is 7.70. The minimum atomic E-state index is 0. The number of rotatable bonds is 3. The summed E-state index contributed by atoms with van der Waals surface area (Å²) in [5.41, 5.74) is 1.61. The average Bonchev–Trinajstić information content (AvgIpc) is 2.60. The highest BCUT2D eigenvalue weighted by Crippen LogP contribution is 2.35. The van der Waals surface area contributed by atoms with Crippen molar-refractivity contribution in [3.63, 3.8) is 0 Å². The average molecular weight is 339 g/mol. The summed E-state index contributed by atoms with van der Waals surface area (Å²) in [5.74, 6) is 1.51. The Kier molecular flexibility index (Phi) is 5.91. The molecule has 1 amide bonds. The number of nitrogens with zero attached hydrogens (tertiary/aromatic N) is 1. The van der Waals surface area contributed by atoms with Crippen LogP contribution in [-0.2, 0) is 4.79 Å². The van der Waals surface area contributed by atoms with E-state index in [9.17, 15) is 4.79 Å². The van der Waals surface area contributed by atoms with Crippen molar-refractivity contribution < 1.29 is 14.3 Å². The van der Waals surface area contributed by atoms with Crippen molar-refractivity contribution in [2.45, 2.75) is 18.9 Å². The SMILES string of the molecule is CNC1CCN(C(=O)C2=Cc3cccc(OC)c3OC2)CC1.Cl. The third-order valence-electron chi connectivity index (χ3n) is 4.40. The smallest absolute Gasteiger partial charge is 0.253 e. The largest absolute Gasteiger partial charge is 0.493 e. The van der Waals surface area contributed by atoms with Crippen LogP contribution < -0.4 is 14.8 Å². The van der Waals surface area contributed by atoms with E-state index < -0.39 is 0 Å². The molecular weight excluding hydrogens is 316 g/mol. The van der Waals surface area contributed by atoms with E-state index in [0.717, 1.165) is 37.2 Å². The topological polar surface area (TPSA) is 50.8 Å². The lowest BCUT2D eigenvalue weighted by Crippen LogP contribution is -2.45. The lowest BCUT2D eigenvalue weighted by Gasteiger charge is -2.33. The highest BCUT2D eigenvalue weighted by atomic mass is 35.5. The Balaban J connectivity index is 0.00000192. The summed E-state index contributed by atoms with van der Waals surface area (Å²) in [4.78, 5) is 14.6. The van der Waals surface area contributed by atoms with Gasteiger partial charge in [-0.15, -0.1) is 12.4 Å². The molecule has 6 heteroatoms. The number of para-hydroxylation sites is 1. The highest BCUT2D eigenvalue weighted by Gasteiger charge is 2.26. The molecule has 0 radical (unpaired) electrons. The Labute approximate surface area is 143 Å². The number of nitrogens with one attached hydrogen (secondary N) is 1. The molecule has 0 bridgehead atoms. The second-order valence-electron chi connectivity index (χ2n) is 5.69. The van der Waals surface area contributed by atoms with E-state index in [1.807, 2.05) is 36.2 Å². The van der Waals surface area contributed by atoms with Crippen LogP contribution in [-0.4, -0.2) is 50.7 Å². The fourth-order valence-electron chi connectivity index (χ4n) is 3.04. The number of carbonyl (C=O) groups excluding carboxylic acids is 1. The Morgan fingerprint density at radius 2 is 2.09 bits per heavy atom. The molecule has 3 rings (SSSR count). The van der Waals surface area contributed by atoms with Crippen molar-refractivity contribution in [1.82, 2.24) is 10.2 Å². The lowest BCUT2D eigenvalue weighted by molar-refractivity contribution is -0.128. The Bertz CT molecular complexity index is 596. The minimum Gasteiger partial charge on any atom is -0.493 e. The Hall–Kier alpha value is -1.72. The Morgan fingerprint density at radius 1 is 1.35 bits per heavy atom. The normalized spacial score (nSPS) is 17.5. The van der Waals surface area contributed by atoms with Crippen molar-refractivity contribution in [2.75, 3.05) is 33.9 Å². The van der Waals surface area contributed by atoms with Crippen LogP contribution in [0.2, 0.25) is 0 Å². The summed E-state index contributed by atoms with van der Waals surface area (Å²) in [7, 11) is 3.60. The zero-order valence-electron chi connectivity index (χ0n) is 13.5. The maximum atomic E-state index is 12.6. The molecule has 2 aliphatic rings. The van der Waals surface area contributed by atoms with E-state index >= 15 is 0 Å². The third-order valence-corrected chi connectivity index (χ3v) is 4.40. The fraction of sp³-hybridized carbons (Fsp3) is 0.471. The maximum absolute atomic E-state index is 12.6. The van der Waals surface area contributed by atoms with Crippen molar-refractivity contribution in [1.29, 1.82) is 0 Å². The van der Waals surface area contributed by atoms with Crippen LogP contribution in [0.15, 0.2) is 23.8 Å². The molecule has 1 saturated heterocycles. The van der Waals surface area contributed by atoms with Crippen LogP contribution in [0.25, 0.3) is 6.08 Å². The second-order valence-corrected chi connectivity index (χ2v) is 5.69. The first kappa shape index (κ1) is 17.6. The summed E-state index contributed by atoms with van der Waals surface area (Å²) in [6, 6.07) is 6.23. The number of amides is 1. The number of carbonyl (C=O) groups is 1. The molecular formula is C17H23ClN2O3. The molecule has 0 saturated carbocycles. The van der Waals surface area contributed by atoms with Crippen LogP contribution in [0.1, 0.15) is 18.4 Å². The van der Waals surface area contributed by atoms with Crippen LogP contribution in [0.5, 0.6) is 11.5 Å². The number of piperidine rings is 1. The third kappa shape index (κ3) is 3.62. The van der Waals surface area contributed by atoms with Gasteiger partial charge in [0.2, 0.25) is 0 Å². The number of ether oxygens (including phenoxy) is 2. The van der Waals surface area contributed by atoms with E-state index in [4.69, 9.17) is 9.47 Å². The molecule has 1 aromatic carbocycles. The number of hydrogen-bond acceptors (Lipinski definition) is 4.